The first-order chi connectivity index (χ1) is 34.2. The van der Waals surface area contributed by atoms with Crippen molar-refractivity contribution in [2.24, 2.45) is 0 Å². The van der Waals surface area contributed by atoms with E-state index < -0.39 is 0 Å². The Kier molecular flexibility index (Phi) is 8.79. The van der Waals surface area contributed by atoms with Gasteiger partial charge in [0, 0.05) is 49.1 Å². The molecule has 14 aromatic rings. The predicted molar refractivity (Wildman–Crippen MR) is 283 cm³/mol. The summed E-state index contributed by atoms with van der Waals surface area (Å²) in [4.78, 5) is 16.1. The van der Waals surface area contributed by atoms with Gasteiger partial charge in [-0.3, -0.25) is 4.57 Å². The molecule has 6 nitrogen and oxygen atoms in total. The zero-order valence-corrected chi connectivity index (χ0v) is 37.2. The molecule has 0 fully saturated rings. The van der Waals surface area contributed by atoms with Crippen molar-refractivity contribution in [3.63, 3.8) is 0 Å². The Morgan fingerprint density at radius 1 is 0.290 bits per heavy atom. The lowest BCUT2D eigenvalue weighted by Gasteiger charge is -2.12. The zero-order chi connectivity index (χ0) is 45.4. The van der Waals surface area contributed by atoms with Crippen molar-refractivity contribution < 1.29 is 4.42 Å². The van der Waals surface area contributed by atoms with Gasteiger partial charge in [-0.25, -0.2) is 4.98 Å². The van der Waals surface area contributed by atoms with Gasteiger partial charge in [-0.1, -0.05) is 182 Å². The lowest BCUT2D eigenvalue weighted by molar-refractivity contribution is 0.669. The van der Waals surface area contributed by atoms with E-state index in [9.17, 15) is 0 Å². The average molecular weight is 882 g/mol. The highest BCUT2D eigenvalue weighted by Gasteiger charge is 2.23. The topological polar surface area (TPSA) is 61.7 Å². The molecule has 69 heavy (non-hydrogen) atoms. The van der Waals surface area contributed by atoms with Crippen LogP contribution in [0.15, 0.2) is 241 Å². The van der Waals surface area contributed by atoms with E-state index in [1.807, 2.05) is 18.2 Å². The normalized spacial score (nSPS) is 11.8. The van der Waals surface area contributed by atoms with E-state index in [1.165, 1.54) is 21.9 Å². The number of rotatable bonds is 7. The molecule has 0 amide bonds. The molecule has 10 aromatic carbocycles. The Balaban J connectivity index is 0.985. The Morgan fingerprint density at radius 2 is 0.812 bits per heavy atom. The molecule has 0 radical (unpaired) electrons. The van der Waals surface area contributed by atoms with Crippen molar-refractivity contribution in [2.45, 2.75) is 0 Å². The van der Waals surface area contributed by atoms with E-state index in [-0.39, 0.29) is 0 Å². The number of para-hydroxylation sites is 3. The highest BCUT2D eigenvalue weighted by molar-refractivity contribution is 6.26. The minimum absolute atomic E-state index is 0.541. The van der Waals surface area contributed by atoms with Crippen molar-refractivity contribution in [1.29, 1.82) is 0 Å². The molecule has 0 atom stereocenters. The largest absolute Gasteiger partial charge is 0.456 e. The molecule has 0 N–H and O–H groups in total. The number of aromatic nitrogens is 5. The summed E-state index contributed by atoms with van der Waals surface area (Å²) in [5.41, 5.74) is 15.7. The smallest absolute Gasteiger partial charge is 0.238 e. The minimum Gasteiger partial charge on any atom is -0.456 e. The van der Waals surface area contributed by atoms with E-state index in [4.69, 9.17) is 19.4 Å². The molecule has 0 aliphatic heterocycles. The third-order valence-electron chi connectivity index (χ3n) is 13.6. The molecule has 4 aromatic heterocycles. The van der Waals surface area contributed by atoms with Crippen LogP contribution in [0, 0.1) is 0 Å². The van der Waals surface area contributed by atoms with Crippen LogP contribution in [0.4, 0.5) is 0 Å². The third-order valence-corrected chi connectivity index (χ3v) is 13.6. The van der Waals surface area contributed by atoms with Gasteiger partial charge < -0.3 is 8.98 Å². The molecule has 0 bridgehead atoms. The average Bonchev–Trinajstić information content (AvgIpc) is 4.09. The molecule has 0 saturated heterocycles. The van der Waals surface area contributed by atoms with Crippen LogP contribution >= 0.6 is 0 Å². The second-order valence-corrected chi connectivity index (χ2v) is 17.6. The summed E-state index contributed by atoms with van der Waals surface area (Å²) < 4.78 is 10.8. The van der Waals surface area contributed by atoms with Gasteiger partial charge in [-0.15, -0.1) is 0 Å². The summed E-state index contributed by atoms with van der Waals surface area (Å²) in [5, 5.41) is 6.81. The summed E-state index contributed by atoms with van der Waals surface area (Å²) in [7, 11) is 0. The van der Waals surface area contributed by atoms with Gasteiger partial charge in [0.15, 0.2) is 11.6 Å². The van der Waals surface area contributed by atoms with Crippen molar-refractivity contribution >= 4 is 65.6 Å². The van der Waals surface area contributed by atoms with Gasteiger partial charge >= 0.3 is 0 Å². The summed E-state index contributed by atoms with van der Waals surface area (Å²) >= 11 is 0. The lowest BCUT2D eigenvalue weighted by atomic mass is 10.0. The van der Waals surface area contributed by atoms with Gasteiger partial charge in [0.1, 0.15) is 11.2 Å². The molecule has 0 saturated carbocycles. The number of fused-ring (bicyclic) bond motifs is 10. The fourth-order valence-electron chi connectivity index (χ4n) is 10.3. The van der Waals surface area contributed by atoms with E-state index in [0.717, 1.165) is 93.8 Å². The first-order valence-corrected chi connectivity index (χ1v) is 23.3. The van der Waals surface area contributed by atoms with E-state index in [2.05, 4.69) is 228 Å². The van der Waals surface area contributed by atoms with Crippen molar-refractivity contribution in [1.82, 2.24) is 24.1 Å². The second kappa shape index (κ2) is 15.6. The Hall–Kier alpha value is -9.39. The summed E-state index contributed by atoms with van der Waals surface area (Å²) in [6.45, 7) is 0. The number of nitrogens with zero attached hydrogens (tertiary/aromatic N) is 5. The molecule has 0 aliphatic carbocycles. The number of benzene rings is 10. The maximum Gasteiger partial charge on any atom is 0.238 e. The molecule has 0 aliphatic rings. The van der Waals surface area contributed by atoms with Crippen LogP contribution < -0.4 is 0 Å². The molecule has 0 spiro atoms. The zero-order valence-electron chi connectivity index (χ0n) is 37.2. The molecule has 322 valence electrons. The van der Waals surface area contributed by atoms with Gasteiger partial charge in [0.05, 0.1) is 22.1 Å². The molecule has 6 heteroatoms. The minimum atomic E-state index is 0.541. The van der Waals surface area contributed by atoms with Crippen LogP contribution in [0.3, 0.4) is 0 Å². The lowest BCUT2D eigenvalue weighted by Crippen LogP contribution is -2.06. The SMILES string of the molecule is c1ccc(-c2ccc(-c3nc(-c4cccc(-c5ccc6oc7ccccc7c6c5)c4)nc(-n4c5ccccc5c5c4ccc4c6ccccc6n(-c6ccc(-c7ccccc7)cc6)c45)n3)cc2)cc1. The summed E-state index contributed by atoms with van der Waals surface area (Å²) in [6, 6.07) is 83.4. The quantitative estimate of drug-likeness (QED) is 0.160. The van der Waals surface area contributed by atoms with Crippen LogP contribution in [-0.2, 0) is 0 Å². The summed E-state index contributed by atoms with van der Waals surface area (Å²) in [5.74, 6) is 1.71. The Bertz CT molecular complexity index is 4280. The molecule has 14 rings (SSSR count). The van der Waals surface area contributed by atoms with Crippen LogP contribution in [0.25, 0.3) is 133 Å². The predicted octanol–water partition coefficient (Wildman–Crippen LogP) is 16.3. The van der Waals surface area contributed by atoms with Gasteiger partial charge in [0.25, 0.3) is 0 Å². The number of hydrogen-bond acceptors (Lipinski definition) is 4. The Morgan fingerprint density at radius 3 is 1.55 bits per heavy atom. The van der Waals surface area contributed by atoms with E-state index >= 15 is 0 Å². The second-order valence-electron chi connectivity index (χ2n) is 17.6. The maximum atomic E-state index is 6.19. The Labute approximate surface area is 396 Å². The molecular formula is C63H39N5O. The van der Waals surface area contributed by atoms with Crippen LogP contribution in [0.2, 0.25) is 0 Å². The molecule has 4 heterocycles. The first kappa shape index (κ1) is 38.8. The molecule has 0 unspecified atom stereocenters. The van der Waals surface area contributed by atoms with Gasteiger partial charge in [-0.05, 0) is 88.0 Å². The highest BCUT2D eigenvalue weighted by atomic mass is 16.3. The fourth-order valence-corrected chi connectivity index (χ4v) is 10.3. The highest BCUT2D eigenvalue weighted by Crippen LogP contribution is 2.42. The van der Waals surface area contributed by atoms with Crippen molar-refractivity contribution in [3.8, 4) is 67.8 Å². The van der Waals surface area contributed by atoms with Gasteiger partial charge in [-0.2, -0.15) is 9.97 Å². The maximum absolute atomic E-state index is 6.19. The van der Waals surface area contributed by atoms with Crippen LogP contribution in [-0.4, -0.2) is 24.1 Å². The number of hydrogen-bond donors (Lipinski definition) is 0. The van der Waals surface area contributed by atoms with Crippen molar-refractivity contribution in [2.75, 3.05) is 0 Å². The van der Waals surface area contributed by atoms with E-state index in [0.29, 0.717) is 17.6 Å². The summed E-state index contributed by atoms with van der Waals surface area (Å²) in [6.07, 6.45) is 0. The molecular weight excluding hydrogens is 843 g/mol. The monoisotopic (exact) mass is 881 g/mol. The van der Waals surface area contributed by atoms with Crippen LogP contribution in [0.5, 0.6) is 0 Å². The first-order valence-electron chi connectivity index (χ1n) is 23.3. The van der Waals surface area contributed by atoms with Crippen molar-refractivity contribution in [3.05, 3.63) is 237 Å². The fraction of sp³-hybridized carbons (Fsp3) is 0. The number of furan rings is 1. The van der Waals surface area contributed by atoms with Crippen LogP contribution in [0.1, 0.15) is 0 Å². The third kappa shape index (κ3) is 6.38. The standard InChI is InChI=1S/C63H39N5O/c1-3-14-40(15-4-1)42-26-28-44(29-27-42)61-64-62(47-19-13-18-45(38-47)46-32-37-58-53(39-46)50-21-9-12-25-57(50)69-58)66-63(65-61)68-55-24-11-8-22-52(55)59-56(68)36-35-51-49-20-7-10-23-54(49)67(60(51)59)48-33-30-43(31-34-48)41-16-5-2-6-17-41/h1-39H. The van der Waals surface area contributed by atoms with E-state index in [1.54, 1.807) is 0 Å². The van der Waals surface area contributed by atoms with Gasteiger partial charge in [0.2, 0.25) is 5.95 Å².